The lowest BCUT2D eigenvalue weighted by atomic mass is 10.0. The number of rotatable bonds is 3. The van der Waals surface area contributed by atoms with Crippen LogP contribution in [-0.2, 0) is 4.79 Å². The number of hydrogen-bond acceptors (Lipinski definition) is 3. The Morgan fingerprint density at radius 3 is 2.54 bits per heavy atom. The third-order valence-electron chi connectivity index (χ3n) is 2.72. The van der Waals surface area contributed by atoms with Crippen LogP contribution in [0.1, 0.15) is 12.8 Å². The first-order chi connectivity index (χ1) is 6.09. The van der Waals surface area contributed by atoms with Crippen molar-refractivity contribution in [3.05, 3.63) is 0 Å². The Bertz CT molecular complexity index is 176. The minimum atomic E-state index is -0.235. The Kier molecular flexibility index (Phi) is 3.69. The second-order valence-corrected chi connectivity index (χ2v) is 3.92. The maximum atomic E-state index is 10.7. The van der Waals surface area contributed by atoms with Gasteiger partial charge in [-0.05, 0) is 40.0 Å². The molecule has 13 heavy (non-hydrogen) atoms. The number of nitrogens with two attached hydrogens (primary N) is 1. The Balaban J connectivity index is 2.31. The van der Waals surface area contributed by atoms with E-state index in [0.717, 1.165) is 25.9 Å². The van der Waals surface area contributed by atoms with Crippen molar-refractivity contribution in [1.82, 2.24) is 9.80 Å². The lowest BCUT2D eigenvalue weighted by Gasteiger charge is -2.34. The number of nitrogens with zero attached hydrogens (tertiary/aromatic N) is 2. The van der Waals surface area contributed by atoms with Gasteiger partial charge in [-0.1, -0.05) is 0 Å². The van der Waals surface area contributed by atoms with Gasteiger partial charge in [-0.2, -0.15) is 0 Å². The molecule has 1 amide bonds. The number of hydrogen-bond donors (Lipinski definition) is 1. The van der Waals surface area contributed by atoms with Crippen LogP contribution in [0.3, 0.4) is 0 Å². The molecule has 0 saturated carbocycles. The summed E-state index contributed by atoms with van der Waals surface area (Å²) >= 11 is 0. The monoisotopic (exact) mass is 185 g/mol. The van der Waals surface area contributed by atoms with Crippen LogP contribution in [0, 0.1) is 0 Å². The molecule has 76 valence electrons. The maximum absolute atomic E-state index is 10.7. The summed E-state index contributed by atoms with van der Waals surface area (Å²) in [6.07, 6.45) is 2.28. The van der Waals surface area contributed by atoms with E-state index >= 15 is 0 Å². The van der Waals surface area contributed by atoms with Crippen LogP contribution < -0.4 is 5.73 Å². The summed E-state index contributed by atoms with van der Waals surface area (Å²) in [7, 11) is 4.10. The van der Waals surface area contributed by atoms with Gasteiger partial charge in [0.25, 0.3) is 0 Å². The van der Waals surface area contributed by atoms with E-state index in [1.807, 2.05) is 7.05 Å². The molecule has 1 rings (SSSR count). The van der Waals surface area contributed by atoms with Crippen molar-refractivity contribution in [2.45, 2.75) is 18.9 Å². The van der Waals surface area contributed by atoms with Gasteiger partial charge in [0.1, 0.15) is 0 Å². The highest BCUT2D eigenvalue weighted by Gasteiger charge is 2.20. The second-order valence-electron chi connectivity index (χ2n) is 3.92. The fourth-order valence-electron chi connectivity index (χ4n) is 1.81. The molecule has 2 N–H and O–H groups in total. The summed E-state index contributed by atoms with van der Waals surface area (Å²) < 4.78 is 0. The summed E-state index contributed by atoms with van der Waals surface area (Å²) in [5.74, 6) is -0.235. The molecule has 4 nitrogen and oxygen atoms in total. The highest BCUT2D eigenvalue weighted by atomic mass is 16.1. The summed E-state index contributed by atoms with van der Waals surface area (Å²) in [5.41, 5.74) is 5.14. The zero-order valence-electron chi connectivity index (χ0n) is 8.49. The van der Waals surface area contributed by atoms with E-state index < -0.39 is 0 Å². The number of primary amides is 1. The van der Waals surface area contributed by atoms with E-state index in [2.05, 4.69) is 16.8 Å². The minimum Gasteiger partial charge on any atom is -0.369 e. The molecule has 4 heteroatoms. The van der Waals surface area contributed by atoms with Crippen LogP contribution in [0.15, 0.2) is 0 Å². The lowest BCUT2D eigenvalue weighted by molar-refractivity contribution is -0.119. The van der Waals surface area contributed by atoms with Crippen molar-refractivity contribution >= 4 is 5.91 Å². The number of carbonyl (C=O) groups excluding carboxylic acids is 1. The molecule has 1 heterocycles. The molecule has 1 saturated heterocycles. The largest absolute Gasteiger partial charge is 0.369 e. The number of amides is 1. The van der Waals surface area contributed by atoms with Crippen LogP contribution in [0.2, 0.25) is 0 Å². The molecule has 0 aliphatic carbocycles. The molecule has 0 aromatic carbocycles. The Labute approximate surface area is 79.7 Å². The molecule has 0 atom stereocenters. The number of likely N-dealkylation sites (tertiary alicyclic amines) is 1. The number of piperidine rings is 1. The first-order valence-electron chi connectivity index (χ1n) is 4.76. The summed E-state index contributed by atoms with van der Waals surface area (Å²) in [4.78, 5) is 15.1. The number of likely N-dealkylation sites (N-methyl/N-ethyl adjacent to an activating group) is 1. The van der Waals surface area contributed by atoms with Crippen molar-refractivity contribution < 1.29 is 4.79 Å². The first kappa shape index (κ1) is 10.5. The zero-order valence-corrected chi connectivity index (χ0v) is 8.49. The van der Waals surface area contributed by atoms with Gasteiger partial charge in [0.05, 0.1) is 6.54 Å². The van der Waals surface area contributed by atoms with Gasteiger partial charge in [0, 0.05) is 6.04 Å². The first-order valence-corrected chi connectivity index (χ1v) is 4.76. The molecular weight excluding hydrogens is 166 g/mol. The van der Waals surface area contributed by atoms with Crippen molar-refractivity contribution in [3.8, 4) is 0 Å². The normalized spacial score (nSPS) is 20.8. The van der Waals surface area contributed by atoms with E-state index in [4.69, 9.17) is 5.73 Å². The van der Waals surface area contributed by atoms with E-state index in [9.17, 15) is 4.79 Å². The van der Waals surface area contributed by atoms with Crippen LogP contribution in [0.4, 0.5) is 0 Å². The fraction of sp³-hybridized carbons (Fsp3) is 0.889. The maximum Gasteiger partial charge on any atom is 0.231 e. The lowest BCUT2D eigenvalue weighted by Crippen LogP contribution is -2.44. The minimum absolute atomic E-state index is 0.235. The van der Waals surface area contributed by atoms with E-state index in [1.54, 1.807) is 0 Å². The van der Waals surface area contributed by atoms with Gasteiger partial charge in [0.2, 0.25) is 5.91 Å². The predicted octanol–water partition coefficient (Wildman–Crippen LogP) is -0.502. The molecule has 1 aliphatic rings. The SMILES string of the molecule is CN1CCC(N(C)CC(N)=O)CC1. The van der Waals surface area contributed by atoms with Gasteiger partial charge >= 0.3 is 0 Å². The van der Waals surface area contributed by atoms with Gasteiger partial charge in [-0.15, -0.1) is 0 Å². The van der Waals surface area contributed by atoms with Crippen LogP contribution in [-0.4, -0.2) is 55.5 Å². The van der Waals surface area contributed by atoms with Gasteiger partial charge in [-0.3, -0.25) is 9.69 Å². The van der Waals surface area contributed by atoms with E-state index in [1.165, 1.54) is 0 Å². The standard InChI is InChI=1S/C9H19N3O/c1-11-5-3-8(4-6-11)12(2)7-9(10)13/h8H,3-7H2,1-2H3,(H2,10,13). The highest BCUT2D eigenvalue weighted by molar-refractivity contribution is 5.75. The Morgan fingerprint density at radius 1 is 1.54 bits per heavy atom. The van der Waals surface area contributed by atoms with Crippen molar-refractivity contribution in [3.63, 3.8) is 0 Å². The van der Waals surface area contributed by atoms with E-state index in [-0.39, 0.29) is 5.91 Å². The van der Waals surface area contributed by atoms with Crippen molar-refractivity contribution in [2.24, 2.45) is 5.73 Å². The molecule has 0 aromatic rings. The molecule has 0 aromatic heterocycles. The quantitative estimate of drug-likeness (QED) is 0.645. The molecule has 0 spiro atoms. The van der Waals surface area contributed by atoms with Crippen molar-refractivity contribution in [1.29, 1.82) is 0 Å². The van der Waals surface area contributed by atoms with Crippen LogP contribution in [0.5, 0.6) is 0 Å². The highest BCUT2D eigenvalue weighted by Crippen LogP contribution is 2.13. The average molecular weight is 185 g/mol. The molecule has 0 unspecified atom stereocenters. The number of carbonyl (C=O) groups is 1. The smallest absolute Gasteiger partial charge is 0.231 e. The molecule has 1 fully saturated rings. The topological polar surface area (TPSA) is 49.6 Å². The predicted molar refractivity (Wildman–Crippen MR) is 52.3 cm³/mol. The van der Waals surface area contributed by atoms with Crippen LogP contribution >= 0.6 is 0 Å². The molecule has 0 radical (unpaired) electrons. The molecule has 1 aliphatic heterocycles. The average Bonchev–Trinajstić information content (AvgIpc) is 2.04. The van der Waals surface area contributed by atoms with Gasteiger partial charge in [0.15, 0.2) is 0 Å². The van der Waals surface area contributed by atoms with E-state index in [0.29, 0.717) is 12.6 Å². The summed E-state index contributed by atoms with van der Waals surface area (Å²) in [5, 5.41) is 0. The fourth-order valence-corrected chi connectivity index (χ4v) is 1.81. The van der Waals surface area contributed by atoms with Gasteiger partial charge in [-0.25, -0.2) is 0 Å². The third kappa shape index (κ3) is 3.32. The summed E-state index contributed by atoms with van der Waals surface area (Å²) in [6.45, 7) is 2.62. The Morgan fingerprint density at radius 2 is 2.08 bits per heavy atom. The molecule has 0 bridgehead atoms. The van der Waals surface area contributed by atoms with Gasteiger partial charge < -0.3 is 10.6 Å². The summed E-state index contributed by atoms with van der Waals surface area (Å²) in [6, 6.07) is 0.531. The Hall–Kier alpha value is -0.610. The third-order valence-corrected chi connectivity index (χ3v) is 2.72. The second kappa shape index (κ2) is 4.58. The zero-order chi connectivity index (χ0) is 9.84. The molecular formula is C9H19N3O. The van der Waals surface area contributed by atoms with Crippen LogP contribution in [0.25, 0.3) is 0 Å². The van der Waals surface area contributed by atoms with Crippen molar-refractivity contribution in [2.75, 3.05) is 33.7 Å².